The molecule has 0 radical (unpaired) electrons. The Kier molecular flexibility index (Phi) is 3.04. The van der Waals surface area contributed by atoms with Gasteiger partial charge in [-0.3, -0.25) is 4.79 Å². The maximum Gasteiger partial charge on any atom is 0.253 e. The molecule has 0 aliphatic rings. The van der Waals surface area contributed by atoms with E-state index in [1.165, 1.54) is 0 Å². The summed E-state index contributed by atoms with van der Waals surface area (Å²) in [5, 5.41) is 3.80. The van der Waals surface area contributed by atoms with Crippen molar-refractivity contribution in [3.05, 3.63) is 30.0 Å². The number of rotatable bonds is 3. The third-order valence-corrected chi connectivity index (χ3v) is 2.62. The molecule has 4 nitrogen and oxygen atoms in total. The number of nitrogen functional groups attached to an aromatic ring is 1. The average molecular weight is 231 g/mol. The zero-order chi connectivity index (χ0) is 12.4. The summed E-state index contributed by atoms with van der Waals surface area (Å²) in [5.41, 5.74) is 7.93. The van der Waals surface area contributed by atoms with E-state index in [9.17, 15) is 4.79 Å². The smallest absolute Gasteiger partial charge is 0.253 e. The summed E-state index contributed by atoms with van der Waals surface area (Å²) in [5.74, 6) is 0.398. The summed E-state index contributed by atoms with van der Waals surface area (Å²) in [6.07, 6.45) is 1.72. The molecule has 0 spiro atoms. The lowest BCUT2D eigenvalue weighted by atomic mass is 10.1. The second kappa shape index (κ2) is 4.49. The molecule has 2 rings (SSSR count). The van der Waals surface area contributed by atoms with Crippen LogP contribution in [-0.4, -0.2) is 17.4 Å². The van der Waals surface area contributed by atoms with Gasteiger partial charge < -0.3 is 16.0 Å². The number of aromatic nitrogens is 1. The number of carbonyl (C=O) groups is 1. The van der Waals surface area contributed by atoms with Crippen molar-refractivity contribution in [3.63, 3.8) is 0 Å². The molecule has 0 atom stereocenters. The van der Waals surface area contributed by atoms with Gasteiger partial charge in [0.05, 0.1) is 5.56 Å². The number of anilines is 1. The van der Waals surface area contributed by atoms with E-state index < -0.39 is 0 Å². The maximum atomic E-state index is 11.9. The normalized spacial score (nSPS) is 11.0. The van der Waals surface area contributed by atoms with Gasteiger partial charge in [-0.15, -0.1) is 0 Å². The summed E-state index contributed by atoms with van der Waals surface area (Å²) >= 11 is 0. The van der Waals surface area contributed by atoms with E-state index in [0.717, 1.165) is 10.9 Å². The minimum absolute atomic E-state index is 0.0466. The minimum Gasteiger partial charge on any atom is -0.399 e. The first-order chi connectivity index (χ1) is 8.08. The molecule has 90 valence electrons. The van der Waals surface area contributed by atoms with Crippen molar-refractivity contribution in [2.75, 3.05) is 12.3 Å². The number of H-pyrrole nitrogens is 1. The first-order valence-corrected chi connectivity index (χ1v) is 5.72. The highest BCUT2D eigenvalue weighted by Crippen LogP contribution is 2.20. The monoisotopic (exact) mass is 231 g/mol. The van der Waals surface area contributed by atoms with E-state index in [4.69, 9.17) is 5.73 Å². The molecule has 0 fully saturated rings. The highest BCUT2D eigenvalue weighted by Gasteiger charge is 2.11. The van der Waals surface area contributed by atoms with Crippen LogP contribution >= 0.6 is 0 Å². The third kappa shape index (κ3) is 2.41. The predicted molar refractivity (Wildman–Crippen MR) is 69.9 cm³/mol. The summed E-state index contributed by atoms with van der Waals surface area (Å²) in [6.45, 7) is 4.81. The number of carbonyl (C=O) groups excluding carboxylic acids is 1. The van der Waals surface area contributed by atoms with Gasteiger partial charge in [-0.05, 0) is 24.1 Å². The van der Waals surface area contributed by atoms with Gasteiger partial charge in [-0.2, -0.15) is 0 Å². The number of aromatic amines is 1. The fourth-order valence-electron chi connectivity index (χ4n) is 1.72. The van der Waals surface area contributed by atoms with E-state index in [0.29, 0.717) is 23.7 Å². The van der Waals surface area contributed by atoms with Crippen molar-refractivity contribution in [1.29, 1.82) is 0 Å². The second-order valence-corrected chi connectivity index (χ2v) is 4.61. The third-order valence-electron chi connectivity index (χ3n) is 2.62. The predicted octanol–water partition coefficient (Wildman–Crippen LogP) is 2.14. The number of fused-ring (bicyclic) bond motifs is 1. The van der Waals surface area contributed by atoms with Crippen LogP contribution < -0.4 is 11.1 Å². The molecule has 1 heterocycles. The molecule has 0 saturated carbocycles. The quantitative estimate of drug-likeness (QED) is 0.708. The lowest BCUT2D eigenvalue weighted by molar-refractivity contribution is 0.0950. The summed E-state index contributed by atoms with van der Waals surface area (Å²) in [7, 11) is 0. The molecule has 0 unspecified atom stereocenters. The lowest BCUT2D eigenvalue weighted by Crippen LogP contribution is -2.27. The molecule has 4 N–H and O–H groups in total. The van der Waals surface area contributed by atoms with Gasteiger partial charge in [0.15, 0.2) is 0 Å². The van der Waals surface area contributed by atoms with Crippen molar-refractivity contribution in [2.24, 2.45) is 5.92 Å². The number of nitrogens with two attached hydrogens (primary N) is 1. The first kappa shape index (κ1) is 11.5. The Hall–Kier alpha value is -1.97. The number of hydrogen-bond acceptors (Lipinski definition) is 2. The van der Waals surface area contributed by atoms with Gasteiger partial charge in [0.2, 0.25) is 0 Å². The molecule has 1 aromatic heterocycles. The van der Waals surface area contributed by atoms with Crippen molar-refractivity contribution >= 4 is 22.5 Å². The van der Waals surface area contributed by atoms with E-state index in [1.807, 2.05) is 12.1 Å². The van der Waals surface area contributed by atoms with E-state index in [-0.39, 0.29) is 5.91 Å². The average Bonchev–Trinajstić information content (AvgIpc) is 2.68. The zero-order valence-electron chi connectivity index (χ0n) is 10.1. The number of benzene rings is 1. The first-order valence-electron chi connectivity index (χ1n) is 5.72. The van der Waals surface area contributed by atoms with E-state index >= 15 is 0 Å². The molecule has 0 saturated heterocycles. The van der Waals surface area contributed by atoms with Crippen LogP contribution in [0.1, 0.15) is 24.2 Å². The fraction of sp³-hybridized carbons (Fsp3) is 0.308. The fourth-order valence-corrected chi connectivity index (χ4v) is 1.72. The van der Waals surface area contributed by atoms with Crippen LogP contribution in [-0.2, 0) is 0 Å². The second-order valence-electron chi connectivity index (χ2n) is 4.61. The van der Waals surface area contributed by atoms with Gasteiger partial charge in [-0.25, -0.2) is 0 Å². The van der Waals surface area contributed by atoms with E-state index in [2.05, 4.69) is 24.1 Å². The standard InChI is InChI=1S/C13H17N3O/c1-8(2)6-16-13(17)11-7-15-12-5-9(14)3-4-10(11)12/h3-5,7-8,15H,6,14H2,1-2H3,(H,16,17). The Morgan fingerprint density at radius 1 is 1.47 bits per heavy atom. The molecular weight excluding hydrogens is 214 g/mol. The SMILES string of the molecule is CC(C)CNC(=O)c1c[nH]c2cc(N)ccc12. The number of amides is 1. The largest absolute Gasteiger partial charge is 0.399 e. The van der Waals surface area contributed by atoms with Crippen LogP contribution in [0.2, 0.25) is 0 Å². The number of hydrogen-bond donors (Lipinski definition) is 3. The van der Waals surface area contributed by atoms with Crippen LogP contribution in [0.4, 0.5) is 5.69 Å². The van der Waals surface area contributed by atoms with Gasteiger partial charge in [-0.1, -0.05) is 13.8 Å². The van der Waals surface area contributed by atoms with Gasteiger partial charge in [0.25, 0.3) is 5.91 Å². The minimum atomic E-state index is -0.0466. The molecule has 17 heavy (non-hydrogen) atoms. The van der Waals surface area contributed by atoms with Crippen LogP contribution in [0.15, 0.2) is 24.4 Å². The van der Waals surface area contributed by atoms with Crippen LogP contribution in [0.3, 0.4) is 0 Å². The van der Waals surface area contributed by atoms with Crippen molar-refractivity contribution in [2.45, 2.75) is 13.8 Å². The van der Waals surface area contributed by atoms with E-state index in [1.54, 1.807) is 12.3 Å². The zero-order valence-corrected chi connectivity index (χ0v) is 10.1. The van der Waals surface area contributed by atoms with Crippen LogP contribution in [0, 0.1) is 5.92 Å². The topological polar surface area (TPSA) is 70.9 Å². The molecule has 0 aliphatic heterocycles. The van der Waals surface area contributed by atoms with Crippen LogP contribution in [0.5, 0.6) is 0 Å². The molecule has 0 aliphatic carbocycles. The lowest BCUT2D eigenvalue weighted by Gasteiger charge is -2.06. The Bertz CT molecular complexity index is 543. The van der Waals surface area contributed by atoms with Crippen molar-refractivity contribution in [3.8, 4) is 0 Å². The Balaban J connectivity index is 2.27. The van der Waals surface area contributed by atoms with Crippen LogP contribution in [0.25, 0.3) is 10.9 Å². The molecule has 0 bridgehead atoms. The Morgan fingerprint density at radius 2 is 2.24 bits per heavy atom. The molecule has 4 heteroatoms. The molecule has 1 amide bonds. The summed E-state index contributed by atoms with van der Waals surface area (Å²) < 4.78 is 0. The van der Waals surface area contributed by atoms with Crippen molar-refractivity contribution < 1.29 is 4.79 Å². The molecular formula is C13H17N3O. The number of nitrogens with one attached hydrogen (secondary N) is 2. The highest BCUT2D eigenvalue weighted by molar-refractivity contribution is 6.07. The summed E-state index contributed by atoms with van der Waals surface area (Å²) in [6, 6.07) is 5.50. The van der Waals surface area contributed by atoms with Crippen molar-refractivity contribution in [1.82, 2.24) is 10.3 Å². The van der Waals surface area contributed by atoms with Gasteiger partial charge in [0, 0.05) is 29.3 Å². The maximum absolute atomic E-state index is 11.9. The molecule has 2 aromatic rings. The summed E-state index contributed by atoms with van der Waals surface area (Å²) in [4.78, 5) is 15.0. The highest BCUT2D eigenvalue weighted by atomic mass is 16.1. The Morgan fingerprint density at radius 3 is 2.94 bits per heavy atom. The van der Waals surface area contributed by atoms with Gasteiger partial charge >= 0.3 is 0 Å². The molecule has 1 aromatic carbocycles. The Labute approximate surface area is 100 Å². The van der Waals surface area contributed by atoms with Gasteiger partial charge in [0.1, 0.15) is 0 Å².